The molecule has 0 amide bonds. The number of allylic oxidation sites excluding steroid dienone is 2. The molecule has 16 atom stereocenters. The largest absolute Gasteiger partial charge is 0.396 e. The molecule has 2 aliphatic heterocycles. The molecule has 0 aromatic rings. The minimum Gasteiger partial charge on any atom is -0.396 e. The Morgan fingerprint density at radius 3 is 2.52 bits per heavy atom. The van der Waals surface area contributed by atoms with Gasteiger partial charge in [0.15, 0.2) is 5.78 Å². The highest BCUT2D eigenvalue weighted by atomic mass is 16.5. The van der Waals surface area contributed by atoms with Crippen molar-refractivity contribution in [3.8, 4) is 11.8 Å². The van der Waals surface area contributed by atoms with Crippen LogP contribution in [-0.2, 0) is 14.3 Å². The summed E-state index contributed by atoms with van der Waals surface area (Å²) in [6.07, 6.45) is 23.3. The quantitative estimate of drug-likeness (QED) is 0.0742. The lowest BCUT2D eigenvalue weighted by Gasteiger charge is -2.44. The van der Waals surface area contributed by atoms with Crippen LogP contribution in [0.15, 0.2) is 12.2 Å². The van der Waals surface area contributed by atoms with E-state index in [1.165, 1.54) is 32.1 Å². The molecule has 0 aromatic carbocycles. The Balaban J connectivity index is 1.05. The van der Waals surface area contributed by atoms with E-state index in [2.05, 4.69) is 34.6 Å². The van der Waals surface area contributed by atoms with Gasteiger partial charge < -0.3 is 41.5 Å². The number of methoxy groups -OCH3 is 1. The van der Waals surface area contributed by atoms with Crippen LogP contribution in [0.25, 0.3) is 0 Å². The first kappa shape index (κ1) is 47.3. The number of Topliss-reactive ketones (excluding diaryl/α,β-unsaturated/α-hetero) is 2. The third kappa shape index (κ3) is 12.2. The summed E-state index contributed by atoms with van der Waals surface area (Å²) in [5.74, 6) is 10.8. The van der Waals surface area contributed by atoms with Crippen LogP contribution in [0.1, 0.15) is 154 Å². The zero-order valence-electron chi connectivity index (χ0n) is 37.6. The number of ketones is 2. The number of aliphatic hydroxyl groups is 4. The van der Waals surface area contributed by atoms with Crippen molar-refractivity contribution in [1.82, 2.24) is 10.6 Å². The number of carbonyl (C=O) groups excluding carboxylic acids is 2. The summed E-state index contributed by atoms with van der Waals surface area (Å²) in [7, 11) is 1.66. The summed E-state index contributed by atoms with van der Waals surface area (Å²) in [5, 5.41) is 52.2. The van der Waals surface area contributed by atoms with Crippen LogP contribution in [0.5, 0.6) is 0 Å². The van der Waals surface area contributed by atoms with Crippen molar-refractivity contribution in [3.05, 3.63) is 12.2 Å². The molecule has 7 rings (SSSR count). The highest BCUT2D eigenvalue weighted by Gasteiger charge is 2.50. The van der Waals surface area contributed by atoms with Crippen LogP contribution in [0.2, 0.25) is 0 Å². The summed E-state index contributed by atoms with van der Waals surface area (Å²) in [5.41, 5.74) is 5.30. The average molecular weight is 850 g/mol. The van der Waals surface area contributed by atoms with Gasteiger partial charge in [0, 0.05) is 44.9 Å². The van der Waals surface area contributed by atoms with Gasteiger partial charge in [0.1, 0.15) is 11.2 Å². The predicted molar refractivity (Wildman–Crippen MR) is 239 cm³/mol. The molecule has 5 aliphatic carbocycles. The Kier molecular flexibility index (Phi) is 17.4. The third-order valence-corrected chi connectivity index (χ3v) is 17.5. The van der Waals surface area contributed by atoms with Crippen molar-refractivity contribution in [2.45, 2.75) is 191 Å². The van der Waals surface area contributed by atoms with E-state index in [-0.39, 0.29) is 54.2 Å². The standard InChI is InChI=1S/C51H83N3O7/c1-61-47-28-39-13-16-48(59)51(20-17-34(25-49(51)60)24-36(8-5-23-55)41-26-40-12-15-43(57)30-45(40)54-32-41)21-18-35(44(39)31-46(47)58)11-14-42(56)27-37(38-19-22-53-50(52)29-38)10-9-33-6-3-2-4-7-33/h9-10,33-42,44-47,49-50,53-56,58,60H,2-8,11-17,19-20,22-32,52H2,1H3. The van der Waals surface area contributed by atoms with Crippen LogP contribution in [-0.4, -0.2) is 95.4 Å². The van der Waals surface area contributed by atoms with E-state index < -0.39 is 23.7 Å². The van der Waals surface area contributed by atoms with Crippen LogP contribution >= 0.6 is 0 Å². The summed E-state index contributed by atoms with van der Waals surface area (Å²) >= 11 is 0. The number of ether oxygens (including phenoxy) is 1. The summed E-state index contributed by atoms with van der Waals surface area (Å²) in [6, 6.07) is 0.295. The molecule has 0 radical (unpaired) electrons. The minimum absolute atomic E-state index is 0.0121. The molecule has 8 N–H and O–H groups in total. The minimum atomic E-state index is -1.10. The lowest BCUT2D eigenvalue weighted by atomic mass is 9.62. The number of piperidine rings is 2. The van der Waals surface area contributed by atoms with Crippen molar-refractivity contribution in [3.63, 3.8) is 0 Å². The monoisotopic (exact) mass is 850 g/mol. The fourth-order valence-corrected chi connectivity index (χ4v) is 13.7. The zero-order valence-corrected chi connectivity index (χ0v) is 37.6. The molecule has 16 unspecified atom stereocenters. The number of nitrogens with two attached hydrogens (primary N) is 1. The van der Waals surface area contributed by atoms with Crippen LogP contribution in [0.3, 0.4) is 0 Å². The Hall–Kier alpha value is -1.68. The van der Waals surface area contributed by atoms with E-state index in [4.69, 9.17) is 10.5 Å². The fourth-order valence-electron chi connectivity index (χ4n) is 13.7. The molecule has 2 heterocycles. The van der Waals surface area contributed by atoms with Gasteiger partial charge in [-0.1, -0.05) is 43.3 Å². The molecule has 61 heavy (non-hydrogen) atoms. The van der Waals surface area contributed by atoms with Gasteiger partial charge in [-0.05, 0) is 182 Å². The van der Waals surface area contributed by atoms with E-state index in [1.807, 2.05) is 0 Å². The molecule has 10 nitrogen and oxygen atoms in total. The van der Waals surface area contributed by atoms with E-state index in [1.54, 1.807) is 7.11 Å². The number of hydrogen-bond donors (Lipinski definition) is 7. The fraction of sp³-hybridized carbons (Fsp3) is 0.882. The van der Waals surface area contributed by atoms with Gasteiger partial charge in [-0.3, -0.25) is 9.59 Å². The van der Waals surface area contributed by atoms with Crippen molar-refractivity contribution in [1.29, 1.82) is 0 Å². The topological polar surface area (TPSA) is 174 Å². The smallest absolute Gasteiger partial charge is 0.153 e. The highest BCUT2D eigenvalue weighted by molar-refractivity contribution is 5.89. The number of nitrogens with one attached hydrogen (secondary N) is 2. The van der Waals surface area contributed by atoms with Crippen LogP contribution in [0, 0.1) is 76.4 Å². The number of fused-ring (bicyclic) bond motifs is 2. The van der Waals surface area contributed by atoms with E-state index in [0.717, 1.165) is 64.5 Å². The molecular formula is C51H83N3O7. The van der Waals surface area contributed by atoms with Gasteiger partial charge in [-0.15, -0.1) is 0 Å². The maximum Gasteiger partial charge on any atom is 0.153 e. The summed E-state index contributed by atoms with van der Waals surface area (Å²) in [4.78, 5) is 26.6. The zero-order chi connectivity index (χ0) is 42.9. The molecule has 1 spiro atoms. The lowest BCUT2D eigenvalue weighted by Crippen LogP contribution is -2.50. The first-order chi connectivity index (χ1) is 29.5. The summed E-state index contributed by atoms with van der Waals surface area (Å²) in [6.45, 7) is 1.97. The molecule has 0 bridgehead atoms. The van der Waals surface area contributed by atoms with Crippen molar-refractivity contribution in [2.75, 3.05) is 26.8 Å². The Morgan fingerprint density at radius 1 is 0.934 bits per heavy atom. The number of rotatable bonds is 15. The second kappa shape index (κ2) is 22.5. The van der Waals surface area contributed by atoms with E-state index >= 15 is 0 Å². The third-order valence-electron chi connectivity index (χ3n) is 17.5. The second-order valence-corrected chi connectivity index (χ2v) is 21.4. The Morgan fingerprint density at radius 2 is 1.75 bits per heavy atom. The van der Waals surface area contributed by atoms with Gasteiger partial charge in [0.05, 0.1) is 30.6 Å². The van der Waals surface area contributed by atoms with Crippen LogP contribution < -0.4 is 16.4 Å². The average Bonchev–Trinajstić information content (AvgIpc) is 3.31. The number of aliphatic hydroxyl groups excluding tert-OH is 4. The number of hydrogen-bond acceptors (Lipinski definition) is 10. The second-order valence-electron chi connectivity index (χ2n) is 21.4. The van der Waals surface area contributed by atoms with Gasteiger partial charge in [-0.2, -0.15) is 0 Å². The SMILES string of the molecule is COC1CC2CCC(=O)C3(C#CC(CCC(O)CC(C=CC4CCCCC4)C4CCNC(N)C4)C2CC1O)CCC(CC(CCCO)C1CNC2CC(=O)CCC2C1)CC3O. The Labute approximate surface area is 367 Å². The van der Waals surface area contributed by atoms with Crippen molar-refractivity contribution < 1.29 is 34.8 Å². The van der Waals surface area contributed by atoms with Gasteiger partial charge in [0.25, 0.3) is 0 Å². The molecule has 7 aliphatic rings. The molecule has 4 saturated carbocycles. The first-order valence-electron chi connectivity index (χ1n) is 25.2. The first-order valence-corrected chi connectivity index (χ1v) is 25.2. The van der Waals surface area contributed by atoms with Crippen LogP contribution in [0.4, 0.5) is 0 Å². The molecule has 10 heteroatoms. The van der Waals surface area contributed by atoms with Crippen molar-refractivity contribution in [2.24, 2.45) is 70.3 Å². The van der Waals surface area contributed by atoms with Gasteiger partial charge >= 0.3 is 0 Å². The lowest BCUT2D eigenvalue weighted by molar-refractivity contribution is -0.135. The molecule has 2 saturated heterocycles. The number of carbonyl (C=O) groups is 2. The predicted octanol–water partition coefficient (Wildman–Crippen LogP) is 6.21. The summed E-state index contributed by atoms with van der Waals surface area (Å²) < 4.78 is 5.76. The Bertz CT molecular complexity index is 1510. The van der Waals surface area contributed by atoms with E-state index in [9.17, 15) is 30.0 Å². The van der Waals surface area contributed by atoms with E-state index in [0.29, 0.717) is 112 Å². The molecule has 0 aromatic heterocycles. The highest BCUT2D eigenvalue weighted by Crippen LogP contribution is 2.48. The normalized spacial score (nSPS) is 40.5. The maximum atomic E-state index is 14.5. The van der Waals surface area contributed by atoms with Gasteiger partial charge in [0.2, 0.25) is 0 Å². The van der Waals surface area contributed by atoms with Gasteiger partial charge in [-0.25, -0.2) is 0 Å². The van der Waals surface area contributed by atoms with Crippen molar-refractivity contribution >= 4 is 11.6 Å². The maximum absolute atomic E-state index is 14.5. The molecule has 6 fully saturated rings. The molecular weight excluding hydrogens is 767 g/mol. The molecule has 344 valence electrons.